The van der Waals surface area contributed by atoms with Crippen molar-refractivity contribution in [3.8, 4) is 5.75 Å². The highest BCUT2D eigenvalue weighted by atomic mass is 35.5. The fourth-order valence-electron chi connectivity index (χ4n) is 2.48. The van der Waals surface area contributed by atoms with Crippen LogP contribution in [0.25, 0.3) is 0 Å². The summed E-state index contributed by atoms with van der Waals surface area (Å²) in [6.45, 7) is 3.20. The number of anilines is 1. The molecule has 2 aromatic rings. The predicted molar refractivity (Wildman–Crippen MR) is 102 cm³/mol. The third kappa shape index (κ3) is 5.47. The van der Waals surface area contributed by atoms with Gasteiger partial charge in [0.25, 0.3) is 5.91 Å². The number of ether oxygens (including phenoxy) is 2. The van der Waals surface area contributed by atoms with Crippen molar-refractivity contribution in [2.45, 2.75) is 0 Å². The van der Waals surface area contributed by atoms with Gasteiger partial charge in [-0.25, -0.2) is 5.43 Å². The van der Waals surface area contributed by atoms with Crippen LogP contribution in [-0.2, 0) is 9.53 Å². The molecule has 0 bridgehead atoms. The summed E-state index contributed by atoms with van der Waals surface area (Å²) in [6, 6.07) is 14.8. The Morgan fingerprint density at radius 3 is 2.54 bits per heavy atom. The van der Waals surface area contributed by atoms with Crippen molar-refractivity contribution in [3.63, 3.8) is 0 Å². The molecule has 1 aliphatic heterocycles. The molecule has 1 aliphatic rings. The molecule has 2 aromatic carbocycles. The molecule has 1 amide bonds. The molecule has 1 saturated heterocycles. The second-order valence-electron chi connectivity index (χ2n) is 5.73. The lowest BCUT2D eigenvalue weighted by atomic mass is 10.2. The molecule has 0 radical (unpaired) electrons. The van der Waals surface area contributed by atoms with E-state index in [1.807, 2.05) is 24.3 Å². The summed E-state index contributed by atoms with van der Waals surface area (Å²) in [6.07, 6.45) is 1.60. The van der Waals surface area contributed by atoms with E-state index in [0.29, 0.717) is 10.8 Å². The van der Waals surface area contributed by atoms with Gasteiger partial charge in [-0.1, -0.05) is 23.7 Å². The van der Waals surface area contributed by atoms with Crippen molar-refractivity contribution in [2.75, 3.05) is 37.8 Å². The first-order valence-corrected chi connectivity index (χ1v) is 8.71. The van der Waals surface area contributed by atoms with E-state index in [2.05, 4.69) is 15.4 Å². The lowest BCUT2D eigenvalue weighted by Gasteiger charge is -2.28. The lowest BCUT2D eigenvalue weighted by Crippen LogP contribution is -2.36. The maximum Gasteiger partial charge on any atom is 0.277 e. The third-order valence-corrected chi connectivity index (χ3v) is 4.11. The van der Waals surface area contributed by atoms with E-state index >= 15 is 0 Å². The van der Waals surface area contributed by atoms with E-state index in [-0.39, 0.29) is 12.5 Å². The number of carbonyl (C=O) groups is 1. The van der Waals surface area contributed by atoms with Crippen LogP contribution in [0.5, 0.6) is 5.75 Å². The Bertz CT molecular complexity index is 742. The van der Waals surface area contributed by atoms with Crippen molar-refractivity contribution in [2.24, 2.45) is 5.10 Å². The minimum Gasteiger partial charge on any atom is -0.484 e. The quantitative estimate of drug-likeness (QED) is 0.624. The molecule has 1 heterocycles. The zero-order valence-corrected chi connectivity index (χ0v) is 15.0. The smallest absolute Gasteiger partial charge is 0.277 e. The van der Waals surface area contributed by atoms with Crippen LogP contribution in [0.4, 0.5) is 5.69 Å². The molecule has 1 fully saturated rings. The third-order valence-electron chi connectivity index (χ3n) is 3.86. The van der Waals surface area contributed by atoms with Gasteiger partial charge in [0.1, 0.15) is 5.75 Å². The minimum atomic E-state index is -0.332. The second kappa shape index (κ2) is 9.22. The summed E-state index contributed by atoms with van der Waals surface area (Å²) in [5.41, 5.74) is 4.51. The molecule has 6 nitrogen and oxygen atoms in total. The van der Waals surface area contributed by atoms with Crippen molar-refractivity contribution in [3.05, 3.63) is 59.1 Å². The van der Waals surface area contributed by atoms with Crippen molar-refractivity contribution < 1.29 is 14.3 Å². The standard InChI is InChI=1S/C19H20ClN3O3/c20-16-3-7-18(8-4-16)26-14-19(24)22-21-13-15-1-5-17(6-2-15)23-9-11-25-12-10-23/h1-8,13H,9-12,14H2,(H,22,24)/b21-13-. The molecule has 0 aliphatic carbocycles. The normalized spacial score (nSPS) is 14.4. The Balaban J connectivity index is 1.44. The summed E-state index contributed by atoms with van der Waals surface area (Å²) < 4.78 is 10.7. The maximum absolute atomic E-state index is 11.7. The summed E-state index contributed by atoms with van der Waals surface area (Å²) in [4.78, 5) is 14.0. The zero-order chi connectivity index (χ0) is 18.2. The average Bonchev–Trinajstić information content (AvgIpc) is 2.69. The first kappa shape index (κ1) is 18.2. The van der Waals surface area contributed by atoms with Crippen molar-refractivity contribution in [1.29, 1.82) is 0 Å². The largest absolute Gasteiger partial charge is 0.484 e. The van der Waals surface area contributed by atoms with Crippen LogP contribution >= 0.6 is 11.6 Å². The molecule has 0 saturated carbocycles. The van der Waals surface area contributed by atoms with Gasteiger partial charge in [0, 0.05) is 23.8 Å². The molecule has 7 heteroatoms. The summed E-state index contributed by atoms with van der Waals surface area (Å²) >= 11 is 5.79. The van der Waals surface area contributed by atoms with Crippen molar-refractivity contribution in [1.82, 2.24) is 5.43 Å². The number of nitrogens with zero attached hydrogens (tertiary/aromatic N) is 2. The van der Waals surface area contributed by atoms with Gasteiger partial charge in [-0.05, 0) is 42.0 Å². The monoisotopic (exact) mass is 373 g/mol. The molecule has 1 N–H and O–H groups in total. The topological polar surface area (TPSA) is 63.2 Å². The number of hydrazone groups is 1. The predicted octanol–water partition coefficient (Wildman–Crippen LogP) is 2.71. The van der Waals surface area contributed by atoms with Crippen LogP contribution in [0.2, 0.25) is 5.02 Å². The number of rotatable bonds is 6. The van der Waals surface area contributed by atoms with Gasteiger partial charge in [-0.2, -0.15) is 5.10 Å². The van der Waals surface area contributed by atoms with Gasteiger partial charge >= 0.3 is 0 Å². The number of carbonyl (C=O) groups excluding carboxylic acids is 1. The molecular weight excluding hydrogens is 354 g/mol. The van der Waals surface area contributed by atoms with Crippen LogP contribution in [0.3, 0.4) is 0 Å². The Labute approximate surface area is 157 Å². The highest BCUT2D eigenvalue weighted by Gasteiger charge is 2.10. The molecular formula is C19H20ClN3O3. The summed E-state index contributed by atoms with van der Waals surface area (Å²) in [5.74, 6) is 0.244. The Morgan fingerprint density at radius 1 is 1.15 bits per heavy atom. The van der Waals surface area contributed by atoms with Crippen LogP contribution in [0.15, 0.2) is 53.6 Å². The minimum absolute atomic E-state index is 0.116. The highest BCUT2D eigenvalue weighted by Crippen LogP contribution is 2.16. The molecule has 3 rings (SSSR count). The van der Waals surface area contributed by atoms with E-state index < -0.39 is 0 Å². The van der Waals surface area contributed by atoms with Crippen LogP contribution in [-0.4, -0.2) is 45.0 Å². The lowest BCUT2D eigenvalue weighted by molar-refractivity contribution is -0.123. The fraction of sp³-hybridized carbons (Fsp3) is 0.263. The fourth-order valence-corrected chi connectivity index (χ4v) is 2.61. The van der Waals surface area contributed by atoms with Gasteiger partial charge in [-0.3, -0.25) is 4.79 Å². The Hall–Kier alpha value is -2.57. The van der Waals surface area contributed by atoms with Gasteiger partial charge in [0.2, 0.25) is 0 Å². The number of amides is 1. The number of benzene rings is 2. The molecule has 0 aromatic heterocycles. The van der Waals surface area contributed by atoms with Gasteiger partial charge < -0.3 is 14.4 Å². The van der Waals surface area contributed by atoms with Crippen LogP contribution in [0, 0.1) is 0 Å². The average molecular weight is 374 g/mol. The Morgan fingerprint density at radius 2 is 1.85 bits per heavy atom. The SMILES string of the molecule is O=C(COc1ccc(Cl)cc1)N/N=C\c1ccc(N2CCOCC2)cc1. The van der Waals surface area contributed by atoms with E-state index in [1.54, 1.807) is 30.5 Å². The van der Waals surface area contributed by atoms with Crippen LogP contribution in [0.1, 0.15) is 5.56 Å². The van der Waals surface area contributed by atoms with E-state index in [4.69, 9.17) is 21.1 Å². The number of hydrogen-bond donors (Lipinski definition) is 1. The molecule has 0 unspecified atom stereocenters. The number of nitrogens with one attached hydrogen (secondary N) is 1. The number of halogens is 1. The molecule has 136 valence electrons. The van der Waals surface area contributed by atoms with E-state index in [1.165, 1.54) is 0 Å². The van der Waals surface area contributed by atoms with Crippen LogP contribution < -0.4 is 15.1 Å². The van der Waals surface area contributed by atoms with E-state index in [9.17, 15) is 4.79 Å². The second-order valence-corrected chi connectivity index (χ2v) is 6.16. The number of hydrogen-bond acceptors (Lipinski definition) is 5. The van der Waals surface area contributed by atoms with Gasteiger partial charge in [-0.15, -0.1) is 0 Å². The van der Waals surface area contributed by atoms with E-state index in [0.717, 1.165) is 37.6 Å². The Kier molecular flexibility index (Phi) is 6.46. The number of morpholine rings is 1. The summed E-state index contributed by atoms with van der Waals surface area (Å²) in [7, 11) is 0. The highest BCUT2D eigenvalue weighted by molar-refractivity contribution is 6.30. The summed E-state index contributed by atoms with van der Waals surface area (Å²) in [5, 5.41) is 4.57. The first-order valence-electron chi connectivity index (χ1n) is 8.34. The zero-order valence-electron chi connectivity index (χ0n) is 14.2. The molecule has 26 heavy (non-hydrogen) atoms. The first-order chi connectivity index (χ1) is 12.7. The molecule has 0 atom stereocenters. The van der Waals surface area contributed by atoms with Crippen molar-refractivity contribution >= 4 is 29.4 Å². The maximum atomic E-state index is 11.7. The van der Waals surface area contributed by atoms with Gasteiger partial charge in [0.15, 0.2) is 6.61 Å². The molecule has 0 spiro atoms. The van der Waals surface area contributed by atoms with Gasteiger partial charge in [0.05, 0.1) is 19.4 Å².